The summed E-state index contributed by atoms with van der Waals surface area (Å²) in [7, 11) is 0. The summed E-state index contributed by atoms with van der Waals surface area (Å²) in [5, 5.41) is 5.96. The van der Waals surface area contributed by atoms with Crippen molar-refractivity contribution in [2.24, 2.45) is 0 Å². The van der Waals surface area contributed by atoms with Crippen molar-refractivity contribution < 1.29 is 9.59 Å². The number of Topliss-reactive ketones (excluding diaryl/α,β-unsaturated/α-hetero) is 1. The Balaban J connectivity index is 2.02. The summed E-state index contributed by atoms with van der Waals surface area (Å²) in [6.45, 7) is 1.49. The molecule has 0 aromatic heterocycles. The number of hydrogen-bond acceptors (Lipinski definition) is 2. The van der Waals surface area contributed by atoms with E-state index >= 15 is 0 Å². The number of halogens is 2. The van der Waals surface area contributed by atoms with Gasteiger partial charge in [-0.05, 0) is 65.3 Å². The van der Waals surface area contributed by atoms with Crippen LogP contribution in [0.4, 0.5) is 16.2 Å². The summed E-state index contributed by atoms with van der Waals surface area (Å²) < 4.78 is 0.692. The van der Waals surface area contributed by atoms with Crippen LogP contribution in [-0.2, 0) is 0 Å². The second-order valence-electron chi connectivity index (χ2n) is 4.34. The lowest BCUT2D eigenvalue weighted by molar-refractivity contribution is 0.101. The molecule has 0 spiro atoms. The molecule has 4 nitrogen and oxygen atoms in total. The molecule has 108 valence electrons. The van der Waals surface area contributed by atoms with Crippen molar-refractivity contribution in [1.29, 1.82) is 0 Å². The Morgan fingerprint density at radius 1 is 1.05 bits per heavy atom. The topological polar surface area (TPSA) is 58.2 Å². The van der Waals surface area contributed by atoms with Crippen molar-refractivity contribution in [3.8, 4) is 0 Å². The molecule has 0 unspecified atom stereocenters. The number of amides is 2. The van der Waals surface area contributed by atoms with Crippen LogP contribution < -0.4 is 10.6 Å². The zero-order valence-corrected chi connectivity index (χ0v) is 13.5. The summed E-state index contributed by atoms with van der Waals surface area (Å²) in [6, 6.07) is 11.4. The van der Waals surface area contributed by atoms with Crippen LogP contribution in [0.25, 0.3) is 0 Å². The number of carbonyl (C=O) groups is 2. The van der Waals surface area contributed by atoms with Crippen LogP contribution >= 0.6 is 27.5 Å². The molecule has 0 aliphatic carbocycles. The summed E-state index contributed by atoms with van der Waals surface area (Å²) in [6.07, 6.45) is 0. The van der Waals surface area contributed by atoms with Crippen molar-refractivity contribution in [3.63, 3.8) is 0 Å². The SMILES string of the molecule is CC(=O)c1ccc(NC(=O)Nc2ccc(Cl)cc2Br)cc1. The monoisotopic (exact) mass is 366 g/mol. The van der Waals surface area contributed by atoms with Crippen LogP contribution in [-0.4, -0.2) is 11.8 Å². The fourth-order valence-electron chi connectivity index (χ4n) is 1.66. The Labute approximate surface area is 135 Å². The maximum Gasteiger partial charge on any atom is 0.323 e. The first-order valence-electron chi connectivity index (χ1n) is 6.10. The summed E-state index contributed by atoms with van der Waals surface area (Å²) >= 11 is 9.16. The zero-order chi connectivity index (χ0) is 15.4. The first-order chi connectivity index (χ1) is 9.95. The third kappa shape index (κ3) is 4.31. The van der Waals surface area contributed by atoms with Crippen LogP contribution in [0.3, 0.4) is 0 Å². The van der Waals surface area contributed by atoms with Gasteiger partial charge in [0.05, 0.1) is 5.69 Å². The molecule has 0 aliphatic rings. The number of ketones is 1. The van der Waals surface area contributed by atoms with E-state index in [1.54, 1.807) is 42.5 Å². The molecule has 2 aromatic rings. The molecule has 0 saturated heterocycles. The number of urea groups is 1. The van der Waals surface area contributed by atoms with Gasteiger partial charge in [-0.1, -0.05) is 11.6 Å². The number of rotatable bonds is 3. The molecule has 6 heteroatoms. The molecular formula is C15H12BrClN2O2. The molecule has 0 heterocycles. The average molecular weight is 368 g/mol. The number of benzene rings is 2. The highest BCUT2D eigenvalue weighted by Crippen LogP contribution is 2.26. The minimum atomic E-state index is -0.381. The second-order valence-corrected chi connectivity index (χ2v) is 5.63. The van der Waals surface area contributed by atoms with Gasteiger partial charge in [-0.3, -0.25) is 4.79 Å². The van der Waals surface area contributed by atoms with Gasteiger partial charge in [0.15, 0.2) is 5.78 Å². The molecule has 0 radical (unpaired) electrons. The first-order valence-corrected chi connectivity index (χ1v) is 7.27. The van der Waals surface area contributed by atoms with Crippen molar-refractivity contribution in [1.82, 2.24) is 0 Å². The van der Waals surface area contributed by atoms with Crippen molar-refractivity contribution in [3.05, 3.63) is 57.5 Å². The van der Waals surface area contributed by atoms with Gasteiger partial charge in [0.25, 0.3) is 0 Å². The summed E-state index contributed by atoms with van der Waals surface area (Å²) in [5.74, 6) is -0.0175. The number of anilines is 2. The van der Waals surface area contributed by atoms with Gasteiger partial charge < -0.3 is 10.6 Å². The third-order valence-corrected chi connectivity index (χ3v) is 3.62. The number of carbonyl (C=O) groups excluding carboxylic acids is 2. The molecule has 2 amide bonds. The van der Waals surface area contributed by atoms with Crippen molar-refractivity contribution in [2.45, 2.75) is 6.92 Å². The van der Waals surface area contributed by atoms with E-state index in [9.17, 15) is 9.59 Å². The Hall–Kier alpha value is -1.85. The Morgan fingerprint density at radius 3 is 2.29 bits per heavy atom. The van der Waals surface area contributed by atoms with Gasteiger partial charge in [-0.25, -0.2) is 4.79 Å². The fraction of sp³-hybridized carbons (Fsp3) is 0.0667. The van der Waals surface area contributed by atoms with Gasteiger partial charge in [0, 0.05) is 20.7 Å². The van der Waals surface area contributed by atoms with Gasteiger partial charge >= 0.3 is 6.03 Å². The number of nitrogens with one attached hydrogen (secondary N) is 2. The quantitative estimate of drug-likeness (QED) is 0.754. The van der Waals surface area contributed by atoms with E-state index in [0.717, 1.165) is 0 Å². The predicted molar refractivity (Wildman–Crippen MR) is 88.2 cm³/mol. The van der Waals surface area contributed by atoms with E-state index in [2.05, 4.69) is 26.6 Å². The van der Waals surface area contributed by atoms with E-state index < -0.39 is 0 Å². The molecule has 2 aromatic carbocycles. The lowest BCUT2D eigenvalue weighted by Gasteiger charge is -2.09. The normalized spacial score (nSPS) is 10.0. The Bertz CT molecular complexity index is 687. The van der Waals surface area contributed by atoms with Crippen molar-refractivity contribution >= 4 is 50.7 Å². The molecular weight excluding hydrogens is 356 g/mol. The highest BCUT2D eigenvalue weighted by atomic mass is 79.9. The molecule has 2 rings (SSSR count). The van der Waals surface area contributed by atoms with Crippen LogP contribution in [0.15, 0.2) is 46.9 Å². The number of hydrogen-bond donors (Lipinski definition) is 2. The van der Waals surface area contributed by atoms with Crippen LogP contribution in [0.1, 0.15) is 17.3 Å². The van der Waals surface area contributed by atoms with E-state index in [1.807, 2.05) is 0 Å². The van der Waals surface area contributed by atoms with Crippen LogP contribution in [0.5, 0.6) is 0 Å². The first kappa shape index (κ1) is 15.5. The Kier molecular flexibility index (Phi) is 4.98. The van der Waals surface area contributed by atoms with Gasteiger partial charge in [0.1, 0.15) is 0 Å². The standard InChI is InChI=1S/C15H12BrClN2O2/c1-9(20)10-2-5-12(6-3-10)18-15(21)19-14-7-4-11(17)8-13(14)16/h2-8H,1H3,(H2,18,19,21). The molecule has 0 saturated carbocycles. The minimum absolute atomic E-state index is 0.0175. The molecule has 21 heavy (non-hydrogen) atoms. The maximum absolute atomic E-state index is 11.9. The smallest absolute Gasteiger partial charge is 0.308 e. The summed E-state index contributed by atoms with van der Waals surface area (Å²) in [5.41, 5.74) is 1.81. The third-order valence-electron chi connectivity index (χ3n) is 2.73. The average Bonchev–Trinajstić information content (AvgIpc) is 2.42. The predicted octanol–water partition coefficient (Wildman–Crippen LogP) is 4.95. The van der Waals surface area contributed by atoms with Gasteiger partial charge in [0.2, 0.25) is 0 Å². The van der Waals surface area contributed by atoms with Crippen LogP contribution in [0, 0.1) is 0 Å². The molecule has 0 aliphatic heterocycles. The zero-order valence-electron chi connectivity index (χ0n) is 11.1. The molecule has 2 N–H and O–H groups in total. The van der Waals surface area contributed by atoms with E-state index in [0.29, 0.717) is 26.4 Å². The van der Waals surface area contributed by atoms with E-state index in [-0.39, 0.29) is 11.8 Å². The lowest BCUT2D eigenvalue weighted by Crippen LogP contribution is -2.19. The van der Waals surface area contributed by atoms with Crippen molar-refractivity contribution in [2.75, 3.05) is 10.6 Å². The second kappa shape index (κ2) is 6.74. The molecule has 0 atom stereocenters. The highest BCUT2D eigenvalue weighted by molar-refractivity contribution is 9.10. The molecule has 0 fully saturated rings. The van der Waals surface area contributed by atoms with Gasteiger partial charge in [-0.15, -0.1) is 0 Å². The highest BCUT2D eigenvalue weighted by Gasteiger charge is 2.07. The minimum Gasteiger partial charge on any atom is -0.308 e. The maximum atomic E-state index is 11.9. The van der Waals surface area contributed by atoms with Crippen LogP contribution in [0.2, 0.25) is 5.02 Å². The van der Waals surface area contributed by atoms with Gasteiger partial charge in [-0.2, -0.15) is 0 Å². The van der Waals surface area contributed by atoms with E-state index in [1.165, 1.54) is 6.92 Å². The largest absolute Gasteiger partial charge is 0.323 e. The Morgan fingerprint density at radius 2 is 1.71 bits per heavy atom. The fourth-order valence-corrected chi connectivity index (χ4v) is 2.45. The lowest BCUT2D eigenvalue weighted by atomic mass is 10.1. The summed E-state index contributed by atoms with van der Waals surface area (Å²) in [4.78, 5) is 23.1. The van der Waals surface area contributed by atoms with E-state index in [4.69, 9.17) is 11.6 Å². The molecule has 0 bridgehead atoms.